The van der Waals surface area contributed by atoms with Crippen LogP contribution in [0.5, 0.6) is 0 Å². The molecule has 178 valence electrons. The summed E-state index contributed by atoms with van der Waals surface area (Å²) in [4.78, 5) is 38.5. The standard InChI is InChI=1S/C25H38N2O5/c1-6-11-18(5)32-25(30)22(16-19-13-9-8-10-14-19)26-23(28)21(15-17(3)4)20(12-7-2)24(29)27-31/h7-10,13-14,17-18,20-22,31H,2,6,11-12,15-16H2,1,3-5H3,(H,26,28)(H,27,29)/t18-,20+,21-,22+/m1/s1. The van der Waals surface area contributed by atoms with Crippen molar-refractivity contribution in [1.82, 2.24) is 10.8 Å². The number of carbonyl (C=O) groups is 3. The number of hydrogen-bond acceptors (Lipinski definition) is 5. The number of nitrogens with one attached hydrogen (secondary N) is 2. The van der Waals surface area contributed by atoms with E-state index in [9.17, 15) is 19.6 Å². The van der Waals surface area contributed by atoms with Crippen molar-refractivity contribution in [1.29, 1.82) is 0 Å². The van der Waals surface area contributed by atoms with Gasteiger partial charge in [0.1, 0.15) is 6.04 Å². The predicted octanol–water partition coefficient (Wildman–Crippen LogP) is 3.81. The van der Waals surface area contributed by atoms with Gasteiger partial charge in [-0.15, -0.1) is 6.58 Å². The second-order valence-electron chi connectivity index (χ2n) is 8.63. The van der Waals surface area contributed by atoms with Crippen LogP contribution < -0.4 is 10.8 Å². The van der Waals surface area contributed by atoms with Crippen LogP contribution in [0.25, 0.3) is 0 Å². The van der Waals surface area contributed by atoms with E-state index in [1.165, 1.54) is 0 Å². The maximum atomic E-state index is 13.3. The average Bonchev–Trinajstić information content (AvgIpc) is 2.75. The number of amides is 2. The molecule has 1 aromatic carbocycles. The highest BCUT2D eigenvalue weighted by Gasteiger charge is 2.35. The van der Waals surface area contributed by atoms with Gasteiger partial charge in [0.25, 0.3) is 0 Å². The van der Waals surface area contributed by atoms with Gasteiger partial charge in [0.2, 0.25) is 11.8 Å². The van der Waals surface area contributed by atoms with E-state index in [2.05, 4.69) is 11.9 Å². The quantitative estimate of drug-likeness (QED) is 0.174. The lowest BCUT2D eigenvalue weighted by atomic mass is 9.82. The monoisotopic (exact) mass is 446 g/mol. The summed E-state index contributed by atoms with van der Waals surface area (Å²) in [5.74, 6) is -2.99. The molecule has 1 aromatic rings. The van der Waals surface area contributed by atoms with E-state index in [1.807, 2.05) is 58.0 Å². The zero-order valence-corrected chi connectivity index (χ0v) is 19.7. The Morgan fingerprint density at radius 3 is 2.28 bits per heavy atom. The molecule has 0 saturated carbocycles. The van der Waals surface area contributed by atoms with Gasteiger partial charge in [-0.25, -0.2) is 10.3 Å². The summed E-state index contributed by atoms with van der Waals surface area (Å²) in [7, 11) is 0. The van der Waals surface area contributed by atoms with Gasteiger partial charge < -0.3 is 10.1 Å². The molecule has 32 heavy (non-hydrogen) atoms. The van der Waals surface area contributed by atoms with Gasteiger partial charge in [0.15, 0.2) is 0 Å². The molecular weight excluding hydrogens is 408 g/mol. The number of hydrogen-bond donors (Lipinski definition) is 3. The average molecular weight is 447 g/mol. The third kappa shape index (κ3) is 9.22. The van der Waals surface area contributed by atoms with Crippen LogP contribution in [0, 0.1) is 17.8 Å². The van der Waals surface area contributed by atoms with Crippen LogP contribution in [0.15, 0.2) is 43.0 Å². The van der Waals surface area contributed by atoms with Crippen molar-refractivity contribution in [2.24, 2.45) is 17.8 Å². The summed E-state index contributed by atoms with van der Waals surface area (Å²) in [5.41, 5.74) is 2.54. The van der Waals surface area contributed by atoms with Crippen LogP contribution in [-0.2, 0) is 25.5 Å². The van der Waals surface area contributed by atoms with E-state index < -0.39 is 35.7 Å². The first-order valence-electron chi connectivity index (χ1n) is 11.3. The fraction of sp³-hybridized carbons (Fsp3) is 0.560. The molecular formula is C25H38N2O5. The van der Waals surface area contributed by atoms with E-state index in [0.717, 1.165) is 18.4 Å². The van der Waals surface area contributed by atoms with Crippen LogP contribution in [0.4, 0.5) is 0 Å². The van der Waals surface area contributed by atoms with Gasteiger partial charge >= 0.3 is 5.97 Å². The summed E-state index contributed by atoms with van der Waals surface area (Å²) in [6.45, 7) is 11.4. The molecule has 0 aliphatic heterocycles. The first-order valence-corrected chi connectivity index (χ1v) is 11.3. The SMILES string of the molecule is C=CC[C@H](C(=O)NO)[C@@H](CC(C)C)C(=O)N[C@@H](Cc1ccccc1)C(=O)O[C@H](C)CCC. The summed E-state index contributed by atoms with van der Waals surface area (Å²) in [5, 5.41) is 12.0. The van der Waals surface area contributed by atoms with E-state index in [0.29, 0.717) is 6.42 Å². The highest BCUT2D eigenvalue weighted by molar-refractivity contribution is 5.90. The molecule has 0 aromatic heterocycles. The molecule has 0 saturated heterocycles. The van der Waals surface area contributed by atoms with Crippen molar-refractivity contribution in [3.05, 3.63) is 48.6 Å². The molecule has 0 unspecified atom stereocenters. The van der Waals surface area contributed by atoms with Crippen molar-refractivity contribution in [2.45, 2.75) is 71.9 Å². The Morgan fingerprint density at radius 1 is 1.09 bits per heavy atom. The highest BCUT2D eigenvalue weighted by Crippen LogP contribution is 2.25. The Labute approximate surface area is 191 Å². The number of hydroxylamine groups is 1. The molecule has 3 N–H and O–H groups in total. The van der Waals surface area contributed by atoms with E-state index in [-0.39, 0.29) is 24.9 Å². The number of allylic oxidation sites excluding steroid dienone is 1. The molecule has 0 spiro atoms. The molecule has 2 amide bonds. The topological polar surface area (TPSA) is 105 Å². The number of carbonyl (C=O) groups excluding carboxylic acids is 3. The summed E-state index contributed by atoms with van der Waals surface area (Å²) >= 11 is 0. The van der Waals surface area contributed by atoms with Gasteiger partial charge in [0, 0.05) is 6.42 Å². The zero-order valence-electron chi connectivity index (χ0n) is 19.7. The van der Waals surface area contributed by atoms with E-state index in [4.69, 9.17) is 4.74 Å². The van der Waals surface area contributed by atoms with Crippen molar-refractivity contribution < 1.29 is 24.3 Å². The fourth-order valence-corrected chi connectivity index (χ4v) is 3.75. The molecule has 4 atom stereocenters. The van der Waals surface area contributed by atoms with Crippen molar-refractivity contribution >= 4 is 17.8 Å². The number of esters is 1. The minimum Gasteiger partial charge on any atom is -0.461 e. The molecule has 7 heteroatoms. The van der Waals surface area contributed by atoms with Crippen LogP contribution in [0.2, 0.25) is 0 Å². The highest BCUT2D eigenvalue weighted by atomic mass is 16.5. The third-order valence-electron chi connectivity index (χ3n) is 5.31. The Balaban J connectivity index is 3.15. The van der Waals surface area contributed by atoms with Crippen LogP contribution in [0.3, 0.4) is 0 Å². The third-order valence-corrected chi connectivity index (χ3v) is 5.31. The first kappa shape index (κ1) is 27.4. The second kappa shape index (κ2) is 14.4. The Hall–Kier alpha value is -2.67. The molecule has 1 rings (SSSR count). The molecule has 0 aliphatic carbocycles. The van der Waals surface area contributed by atoms with Crippen LogP contribution >= 0.6 is 0 Å². The number of rotatable bonds is 14. The second-order valence-corrected chi connectivity index (χ2v) is 8.63. The van der Waals surface area contributed by atoms with Crippen molar-refractivity contribution in [2.75, 3.05) is 0 Å². The zero-order chi connectivity index (χ0) is 24.1. The fourth-order valence-electron chi connectivity index (χ4n) is 3.75. The van der Waals surface area contributed by atoms with E-state index in [1.54, 1.807) is 11.6 Å². The minimum absolute atomic E-state index is 0.119. The Morgan fingerprint density at radius 2 is 1.75 bits per heavy atom. The number of benzene rings is 1. The summed E-state index contributed by atoms with van der Waals surface area (Å²) in [6.07, 6.45) is 3.80. The Kier molecular flexibility index (Phi) is 12.3. The van der Waals surface area contributed by atoms with Gasteiger partial charge in [0.05, 0.1) is 17.9 Å². The minimum atomic E-state index is -0.888. The maximum absolute atomic E-state index is 13.3. The lowest BCUT2D eigenvalue weighted by Gasteiger charge is -2.28. The maximum Gasteiger partial charge on any atom is 0.329 e. The Bertz CT molecular complexity index is 735. The molecule has 0 fully saturated rings. The number of ether oxygens (including phenoxy) is 1. The summed E-state index contributed by atoms with van der Waals surface area (Å²) in [6, 6.07) is 8.49. The molecule has 0 heterocycles. The smallest absolute Gasteiger partial charge is 0.329 e. The largest absolute Gasteiger partial charge is 0.461 e. The first-order chi connectivity index (χ1) is 15.2. The van der Waals surface area contributed by atoms with Crippen molar-refractivity contribution in [3.8, 4) is 0 Å². The van der Waals surface area contributed by atoms with Gasteiger partial charge in [-0.3, -0.25) is 14.8 Å². The van der Waals surface area contributed by atoms with Gasteiger partial charge in [-0.2, -0.15) is 0 Å². The molecule has 7 nitrogen and oxygen atoms in total. The normalized spacial score (nSPS) is 14.7. The predicted molar refractivity (Wildman–Crippen MR) is 124 cm³/mol. The van der Waals surface area contributed by atoms with Gasteiger partial charge in [-0.05, 0) is 37.7 Å². The van der Waals surface area contributed by atoms with E-state index >= 15 is 0 Å². The van der Waals surface area contributed by atoms with Crippen LogP contribution in [0.1, 0.15) is 58.9 Å². The summed E-state index contributed by atoms with van der Waals surface area (Å²) < 4.78 is 5.57. The molecule has 0 aliphatic rings. The molecule has 0 radical (unpaired) electrons. The molecule has 0 bridgehead atoms. The van der Waals surface area contributed by atoms with Crippen LogP contribution in [-0.4, -0.2) is 35.1 Å². The van der Waals surface area contributed by atoms with Crippen molar-refractivity contribution in [3.63, 3.8) is 0 Å². The lowest BCUT2D eigenvalue weighted by Crippen LogP contribution is -2.49. The van der Waals surface area contributed by atoms with Gasteiger partial charge in [-0.1, -0.05) is 63.6 Å². The lowest BCUT2D eigenvalue weighted by molar-refractivity contribution is -0.153.